The monoisotopic (exact) mass is 329 g/mol. The van der Waals surface area contributed by atoms with Gasteiger partial charge in [-0.2, -0.15) is 0 Å². The highest BCUT2D eigenvalue weighted by Crippen LogP contribution is 2.23. The van der Waals surface area contributed by atoms with E-state index in [0.29, 0.717) is 13.0 Å². The lowest BCUT2D eigenvalue weighted by Gasteiger charge is -2.06. The van der Waals surface area contributed by atoms with Crippen molar-refractivity contribution in [3.05, 3.63) is 66.1 Å². The minimum atomic E-state index is -0.787. The summed E-state index contributed by atoms with van der Waals surface area (Å²) in [4.78, 5) is 15.6. The molecule has 0 spiro atoms. The fourth-order valence-corrected chi connectivity index (χ4v) is 2.80. The Morgan fingerprint density at radius 3 is 2.87 bits per heavy atom. The fourth-order valence-electron chi connectivity index (χ4n) is 2.68. The van der Waals surface area contributed by atoms with E-state index in [0.717, 1.165) is 22.0 Å². The zero-order valence-electron chi connectivity index (χ0n) is 12.4. The number of hydrogen-bond donors (Lipinski definition) is 1. The van der Waals surface area contributed by atoms with Crippen LogP contribution in [0.4, 0.5) is 0 Å². The van der Waals surface area contributed by atoms with Crippen LogP contribution in [0.1, 0.15) is 11.1 Å². The lowest BCUT2D eigenvalue weighted by atomic mass is 10.1. The number of hydrogen-bond acceptors (Lipinski definition) is 4. The van der Waals surface area contributed by atoms with Crippen LogP contribution in [0.2, 0.25) is 0 Å². The summed E-state index contributed by atoms with van der Waals surface area (Å²) in [6, 6.07) is 11.2. The van der Waals surface area contributed by atoms with Crippen LogP contribution in [0, 0.1) is 0 Å². The number of benzene rings is 1. The van der Waals surface area contributed by atoms with Gasteiger partial charge in [-0.3, -0.25) is 4.98 Å². The van der Waals surface area contributed by atoms with Gasteiger partial charge in [0.1, 0.15) is 17.9 Å². The third kappa shape index (κ3) is 3.36. The van der Waals surface area contributed by atoms with Gasteiger partial charge in [-0.1, -0.05) is 24.3 Å². The minimum Gasteiger partial charge on any atom is -0.346 e. The van der Waals surface area contributed by atoms with E-state index in [4.69, 9.17) is 17.6 Å². The van der Waals surface area contributed by atoms with Crippen molar-refractivity contribution in [2.75, 3.05) is 0 Å². The molecule has 5 nitrogen and oxygen atoms in total. The van der Waals surface area contributed by atoms with E-state index in [1.165, 1.54) is 0 Å². The second kappa shape index (κ2) is 6.81. The molecule has 6 heteroatoms. The number of rotatable bonds is 5. The van der Waals surface area contributed by atoms with Gasteiger partial charge in [0.25, 0.3) is 0 Å². The van der Waals surface area contributed by atoms with Gasteiger partial charge in [-0.25, -0.2) is 4.79 Å². The largest absolute Gasteiger partial charge is 0.346 e. The number of carbonyl (C=O) groups is 1. The average molecular weight is 330 g/mol. The second-order valence-electron chi connectivity index (χ2n) is 5.37. The van der Waals surface area contributed by atoms with Gasteiger partial charge >= 0.3 is 5.97 Å². The van der Waals surface area contributed by atoms with Crippen molar-refractivity contribution < 1.29 is 9.08 Å². The number of nitrogens with two attached hydrogens (primary N) is 1. The van der Waals surface area contributed by atoms with Gasteiger partial charge in [0.2, 0.25) is 0 Å². The van der Waals surface area contributed by atoms with E-state index in [-0.39, 0.29) is 0 Å². The van der Waals surface area contributed by atoms with Crippen molar-refractivity contribution in [3.8, 4) is 0 Å². The number of halogens is 1. The number of carbonyl (C=O) groups excluding carboxylic acids is 1. The first-order valence-corrected chi connectivity index (χ1v) is 7.53. The van der Waals surface area contributed by atoms with E-state index in [2.05, 4.69) is 13.8 Å². The third-order valence-corrected chi connectivity index (χ3v) is 3.92. The maximum Gasteiger partial charge on any atom is 0.341 e. The summed E-state index contributed by atoms with van der Waals surface area (Å²) < 4.78 is 6.32. The molecular formula is C17H16ClN3O2. The maximum absolute atomic E-state index is 11.5. The molecule has 0 aliphatic rings. The van der Waals surface area contributed by atoms with Gasteiger partial charge in [0.05, 0.1) is 0 Å². The van der Waals surface area contributed by atoms with Crippen LogP contribution in [-0.4, -0.2) is 21.6 Å². The van der Waals surface area contributed by atoms with Crippen molar-refractivity contribution in [1.29, 1.82) is 0 Å². The van der Waals surface area contributed by atoms with Crippen molar-refractivity contribution >= 4 is 28.7 Å². The SMILES string of the molecule is N[C@@H](Cc1cn(Cc2cccnc2)c2ccccc12)C(=O)OCl. The van der Waals surface area contributed by atoms with Crippen LogP contribution in [0.15, 0.2) is 55.0 Å². The summed E-state index contributed by atoms with van der Waals surface area (Å²) >= 11 is 5.10. The van der Waals surface area contributed by atoms with Crippen molar-refractivity contribution in [3.63, 3.8) is 0 Å². The minimum absolute atomic E-state index is 0.367. The molecule has 0 radical (unpaired) electrons. The quantitative estimate of drug-likeness (QED) is 0.781. The van der Waals surface area contributed by atoms with Crippen LogP contribution in [0.3, 0.4) is 0 Å². The zero-order valence-corrected chi connectivity index (χ0v) is 13.1. The summed E-state index contributed by atoms with van der Waals surface area (Å²) in [5.74, 6) is -0.629. The second-order valence-corrected chi connectivity index (χ2v) is 5.52. The van der Waals surface area contributed by atoms with E-state index < -0.39 is 12.0 Å². The normalized spacial score (nSPS) is 12.3. The Balaban J connectivity index is 1.95. The predicted octanol–water partition coefficient (Wildman–Crippen LogP) is 2.65. The Kier molecular flexibility index (Phi) is 4.60. The Hall–Kier alpha value is -2.37. The van der Waals surface area contributed by atoms with Gasteiger partial charge in [-0.15, -0.1) is 0 Å². The van der Waals surface area contributed by atoms with Crippen LogP contribution in [0.25, 0.3) is 10.9 Å². The number of para-hydroxylation sites is 1. The molecule has 2 heterocycles. The Morgan fingerprint density at radius 2 is 2.13 bits per heavy atom. The fraction of sp³-hybridized carbons (Fsp3) is 0.176. The molecule has 118 valence electrons. The molecule has 0 bridgehead atoms. The first-order valence-electron chi connectivity index (χ1n) is 7.22. The summed E-state index contributed by atoms with van der Waals surface area (Å²) in [6.45, 7) is 0.698. The lowest BCUT2D eigenvalue weighted by Crippen LogP contribution is -2.32. The molecule has 0 aliphatic heterocycles. The topological polar surface area (TPSA) is 70.1 Å². The van der Waals surface area contributed by atoms with E-state index >= 15 is 0 Å². The Labute approximate surface area is 138 Å². The van der Waals surface area contributed by atoms with Crippen molar-refractivity contribution in [1.82, 2.24) is 9.55 Å². The van der Waals surface area contributed by atoms with E-state index in [1.54, 1.807) is 6.20 Å². The summed E-state index contributed by atoms with van der Waals surface area (Å²) in [5.41, 5.74) is 9.00. The van der Waals surface area contributed by atoms with Gasteiger partial charge in [-0.05, 0) is 23.3 Å². The zero-order chi connectivity index (χ0) is 16.2. The number of fused-ring (bicyclic) bond motifs is 1. The number of aromatic nitrogens is 2. The molecule has 3 rings (SSSR count). The highest BCUT2D eigenvalue weighted by molar-refractivity contribution is 6.13. The molecule has 0 fully saturated rings. The molecule has 0 amide bonds. The Bertz CT molecular complexity index is 817. The van der Waals surface area contributed by atoms with Gasteiger partial charge in [0, 0.05) is 42.5 Å². The third-order valence-electron chi connectivity index (χ3n) is 3.77. The predicted molar refractivity (Wildman–Crippen MR) is 88.9 cm³/mol. The van der Waals surface area contributed by atoms with Gasteiger partial charge in [0.15, 0.2) is 0 Å². The molecule has 0 aliphatic carbocycles. The average Bonchev–Trinajstić information content (AvgIpc) is 2.93. The van der Waals surface area contributed by atoms with Crippen molar-refractivity contribution in [2.24, 2.45) is 5.73 Å². The molecule has 0 saturated heterocycles. The smallest absolute Gasteiger partial charge is 0.341 e. The molecule has 1 atom stereocenters. The summed E-state index contributed by atoms with van der Waals surface area (Å²) in [6.07, 6.45) is 5.97. The summed E-state index contributed by atoms with van der Waals surface area (Å²) in [7, 11) is 0. The molecule has 2 aromatic heterocycles. The molecule has 0 unspecified atom stereocenters. The van der Waals surface area contributed by atoms with Crippen LogP contribution in [0.5, 0.6) is 0 Å². The standard InChI is InChI=1S/C17H16ClN3O2/c18-23-17(22)15(19)8-13-11-21(10-12-4-3-7-20-9-12)16-6-2-1-5-14(13)16/h1-7,9,11,15H,8,10,19H2/t15-/m0/s1. The van der Waals surface area contributed by atoms with E-state index in [1.807, 2.05) is 48.8 Å². The maximum atomic E-state index is 11.5. The summed E-state index contributed by atoms with van der Waals surface area (Å²) in [5, 5.41) is 1.06. The highest BCUT2D eigenvalue weighted by Gasteiger charge is 2.18. The molecule has 23 heavy (non-hydrogen) atoms. The highest BCUT2D eigenvalue weighted by atomic mass is 35.5. The molecular weight excluding hydrogens is 314 g/mol. The lowest BCUT2D eigenvalue weighted by molar-refractivity contribution is -0.135. The van der Waals surface area contributed by atoms with Crippen LogP contribution in [-0.2, 0) is 22.0 Å². The Morgan fingerprint density at radius 1 is 1.30 bits per heavy atom. The first kappa shape index (κ1) is 15.5. The molecule has 0 saturated carbocycles. The number of pyridine rings is 1. The molecule has 3 aromatic rings. The molecule has 2 N–H and O–H groups in total. The van der Waals surface area contributed by atoms with Crippen molar-refractivity contribution in [2.45, 2.75) is 19.0 Å². The molecule has 1 aromatic carbocycles. The van der Waals surface area contributed by atoms with Crippen LogP contribution >= 0.6 is 11.9 Å². The first-order chi connectivity index (χ1) is 11.2. The van der Waals surface area contributed by atoms with Gasteiger partial charge < -0.3 is 14.6 Å². The van der Waals surface area contributed by atoms with Crippen LogP contribution < -0.4 is 5.73 Å². The number of nitrogens with zero attached hydrogens (tertiary/aromatic N) is 2. The van der Waals surface area contributed by atoms with E-state index in [9.17, 15) is 4.79 Å².